The van der Waals surface area contributed by atoms with Crippen molar-refractivity contribution in [3.8, 4) is 11.5 Å². The van der Waals surface area contributed by atoms with E-state index in [2.05, 4.69) is 0 Å². The summed E-state index contributed by atoms with van der Waals surface area (Å²) in [5.41, 5.74) is 2.75. The Morgan fingerprint density at radius 1 is 1.05 bits per heavy atom. The van der Waals surface area contributed by atoms with Gasteiger partial charge in [0.15, 0.2) is 0 Å². The van der Waals surface area contributed by atoms with Gasteiger partial charge in [-0.05, 0) is 62.2 Å². The summed E-state index contributed by atoms with van der Waals surface area (Å²) in [6.45, 7) is 5.61. The highest BCUT2D eigenvalue weighted by Gasteiger charge is 2.11. The first-order valence-electron chi connectivity index (χ1n) is 6.20. The molecular formula is C16H17FO2. The molecule has 19 heavy (non-hydrogen) atoms. The van der Waals surface area contributed by atoms with Crippen LogP contribution in [0.1, 0.15) is 29.7 Å². The largest absolute Gasteiger partial charge is 0.457 e. The molecule has 1 unspecified atom stereocenters. The number of hydrogen-bond acceptors (Lipinski definition) is 2. The molecule has 0 saturated heterocycles. The van der Waals surface area contributed by atoms with Gasteiger partial charge in [-0.15, -0.1) is 0 Å². The zero-order valence-corrected chi connectivity index (χ0v) is 11.3. The van der Waals surface area contributed by atoms with Gasteiger partial charge < -0.3 is 9.84 Å². The third-order valence-corrected chi connectivity index (χ3v) is 3.13. The molecule has 2 aromatic carbocycles. The first-order chi connectivity index (χ1) is 8.97. The minimum absolute atomic E-state index is 0.386. The first-order valence-corrected chi connectivity index (χ1v) is 6.20. The number of halogens is 1. The number of aliphatic hydroxyl groups is 1. The molecule has 0 heterocycles. The molecule has 2 nitrogen and oxygen atoms in total. The average molecular weight is 260 g/mol. The van der Waals surface area contributed by atoms with Crippen LogP contribution < -0.4 is 4.74 Å². The van der Waals surface area contributed by atoms with Gasteiger partial charge in [0.25, 0.3) is 0 Å². The van der Waals surface area contributed by atoms with Crippen LogP contribution in [0.15, 0.2) is 36.4 Å². The maximum atomic E-state index is 13.2. The van der Waals surface area contributed by atoms with Crippen LogP contribution in [0.25, 0.3) is 0 Å². The summed E-state index contributed by atoms with van der Waals surface area (Å²) in [7, 11) is 0. The standard InChI is InChI=1S/C16H17FO2/c1-10-4-6-14(8-11(10)2)19-16-7-5-13(17)9-15(16)12(3)18/h4-9,12,18H,1-3H3. The van der Waals surface area contributed by atoms with E-state index in [0.717, 1.165) is 5.56 Å². The number of hydrogen-bond donors (Lipinski definition) is 1. The maximum absolute atomic E-state index is 13.2. The fourth-order valence-electron chi connectivity index (χ4n) is 1.84. The highest BCUT2D eigenvalue weighted by atomic mass is 19.1. The summed E-state index contributed by atoms with van der Waals surface area (Å²) in [6.07, 6.45) is -0.780. The van der Waals surface area contributed by atoms with E-state index in [-0.39, 0.29) is 5.82 Å². The normalized spacial score (nSPS) is 12.3. The summed E-state index contributed by atoms with van der Waals surface area (Å²) < 4.78 is 18.9. The Kier molecular flexibility index (Phi) is 3.86. The minimum atomic E-state index is -0.780. The molecule has 0 bridgehead atoms. The van der Waals surface area contributed by atoms with E-state index >= 15 is 0 Å². The molecule has 0 aliphatic heterocycles. The fraction of sp³-hybridized carbons (Fsp3) is 0.250. The van der Waals surface area contributed by atoms with Gasteiger partial charge in [-0.1, -0.05) is 6.07 Å². The van der Waals surface area contributed by atoms with Gasteiger partial charge in [-0.25, -0.2) is 4.39 Å². The van der Waals surface area contributed by atoms with Crippen molar-refractivity contribution >= 4 is 0 Å². The summed E-state index contributed by atoms with van der Waals surface area (Å²) in [4.78, 5) is 0. The van der Waals surface area contributed by atoms with E-state index in [1.54, 1.807) is 6.92 Å². The zero-order valence-electron chi connectivity index (χ0n) is 11.3. The van der Waals surface area contributed by atoms with Crippen molar-refractivity contribution in [1.82, 2.24) is 0 Å². The lowest BCUT2D eigenvalue weighted by atomic mass is 10.1. The second-order valence-electron chi connectivity index (χ2n) is 4.71. The second-order valence-corrected chi connectivity index (χ2v) is 4.71. The van der Waals surface area contributed by atoms with Crippen molar-refractivity contribution in [2.75, 3.05) is 0 Å². The molecule has 3 heteroatoms. The Hall–Kier alpha value is -1.87. The van der Waals surface area contributed by atoms with E-state index < -0.39 is 6.10 Å². The Bertz CT molecular complexity index is 591. The fourth-order valence-corrected chi connectivity index (χ4v) is 1.84. The molecular weight excluding hydrogens is 243 g/mol. The zero-order chi connectivity index (χ0) is 14.0. The molecule has 0 saturated carbocycles. The molecule has 2 rings (SSSR count). The van der Waals surface area contributed by atoms with E-state index in [4.69, 9.17) is 4.74 Å². The molecule has 0 amide bonds. The Labute approximate surface area is 112 Å². The van der Waals surface area contributed by atoms with Crippen LogP contribution in [0.3, 0.4) is 0 Å². The average Bonchev–Trinajstić information content (AvgIpc) is 2.36. The van der Waals surface area contributed by atoms with Gasteiger partial charge >= 0.3 is 0 Å². The number of rotatable bonds is 3. The first kappa shape index (κ1) is 13.6. The predicted octanol–water partition coefficient (Wildman–Crippen LogP) is 4.29. The van der Waals surface area contributed by atoms with Crippen molar-refractivity contribution in [3.63, 3.8) is 0 Å². The number of benzene rings is 2. The molecule has 0 radical (unpaired) electrons. The highest BCUT2D eigenvalue weighted by Crippen LogP contribution is 2.31. The molecule has 1 atom stereocenters. The summed E-state index contributed by atoms with van der Waals surface area (Å²) in [5, 5.41) is 9.66. The lowest BCUT2D eigenvalue weighted by molar-refractivity contribution is 0.195. The van der Waals surface area contributed by atoms with Gasteiger partial charge in [0, 0.05) is 5.56 Å². The SMILES string of the molecule is Cc1ccc(Oc2ccc(F)cc2C(C)O)cc1C. The second kappa shape index (κ2) is 5.41. The molecule has 0 spiro atoms. The summed E-state index contributed by atoms with van der Waals surface area (Å²) >= 11 is 0. The molecule has 2 aromatic rings. The van der Waals surface area contributed by atoms with Crippen molar-refractivity contribution in [2.24, 2.45) is 0 Å². The van der Waals surface area contributed by atoms with E-state index in [1.807, 2.05) is 32.0 Å². The Morgan fingerprint density at radius 3 is 2.42 bits per heavy atom. The van der Waals surface area contributed by atoms with Crippen LogP contribution in [-0.4, -0.2) is 5.11 Å². The minimum Gasteiger partial charge on any atom is -0.457 e. The van der Waals surface area contributed by atoms with Crippen LogP contribution >= 0.6 is 0 Å². The van der Waals surface area contributed by atoms with Gasteiger partial charge in [0.2, 0.25) is 0 Å². The Balaban J connectivity index is 2.35. The van der Waals surface area contributed by atoms with Crippen LogP contribution in [0.5, 0.6) is 11.5 Å². The van der Waals surface area contributed by atoms with E-state index in [9.17, 15) is 9.50 Å². The highest BCUT2D eigenvalue weighted by molar-refractivity contribution is 5.41. The topological polar surface area (TPSA) is 29.5 Å². The number of ether oxygens (including phenoxy) is 1. The van der Waals surface area contributed by atoms with Gasteiger partial charge in [0.1, 0.15) is 17.3 Å². The number of aliphatic hydroxyl groups excluding tert-OH is 1. The predicted molar refractivity (Wildman–Crippen MR) is 73.0 cm³/mol. The summed E-state index contributed by atoms with van der Waals surface area (Å²) in [5.74, 6) is 0.764. The van der Waals surface area contributed by atoms with Gasteiger partial charge in [-0.2, -0.15) is 0 Å². The molecule has 0 aromatic heterocycles. The van der Waals surface area contributed by atoms with Crippen molar-refractivity contribution < 1.29 is 14.2 Å². The molecule has 1 N–H and O–H groups in total. The monoisotopic (exact) mass is 260 g/mol. The van der Waals surface area contributed by atoms with Crippen molar-refractivity contribution in [3.05, 3.63) is 58.9 Å². The molecule has 0 fully saturated rings. The lowest BCUT2D eigenvalue weighted by Gasteiger charge is -2.14. The lowest BCUT2D eigenvalue weighted by Crippen LogP contribution is -1.97. The summed E-state index contributed by atoms with van der Waals surface area (Å²) in [6, 6.07) is 9.90. The van der Waals surface area contributed by atoms with Crippen LogP contribution in [0.4, 0.5) is 4.39 Å². The van der Waals surface area contributed by atoms with Crippen LogP contribution in [0, 0.1) is 19.7 Å². The quantitative estimate of drug-likeness (QED) is 0.892. The van der Waals surface area contributed by atoms with Gasteiger partial charge in [-0.3, -0.25) is 0 Å². The van der Waals surface area contributed by atoms with E-state index in [1.165, 1.54) is 23.8 Å². The number of aryl methyl sites for hydroxylation is 2. The smallest absolute Gasteiger partial charge is 0.133 e. The van der Waals surface area contributed by atoms with Crippen LogP contribution in [0.2, 0.25) is 0 Å². The Morgan fingerprint density at radius 2 is 1.79 bits per heavy atom. The van der Waals surface area contributed by atoms with E-state index in [0.29, 0.717) is 17.1 Å². The van der Waals surface area contributed by atoms with Crippen molar-refractivity contribution in [2.45, 2.75) is 26.9 Å². The van der Waals surface area contributed by atoms with Gasteiger partial charge in [0.05, 0.1) is 6.10 Å². The maximum Gasteiger partial charge on any atom is 0.133 e. The van der Waals surface area contributed by atoms with Crippen LogP contribution in [-0.2, 0) is 0 Å². The molecule has 0 aliphatic carbocycles. The van der Waals surface area contributed by atoms with Crippen molar-refractivity contribution in [1.29, 1.82) is 0 Å². The third-order valence-electron chi connectivity index (χ3n) is 3.13. The molecule has 100 valence electrons. The molecule has 0 aliphatic rings. The third kappa shape index (κ3) is 3.12.